The van der Waals surface area contributed by atoms with Gasteiger partial charge in [0.15, 0.2) is 0 Å². The van der Waals surface area contributed by atoms with E-state index in [0.717, 1.165) is 5.56 Å². The fourth-order valence-corrected chi connectivity index (χ4v) is 1.59. The van der Waals surface area contributed by atoms with Crippen LogP contribution in [0, 0.1) is 19.7 Å². The molecule has 2 rings (SSSR count). The van der Waals surface area contributed by atoms with Crippen LogP contribution in [-0.2, 0) is 0 Å². The molecule has 1 heterocycles. The lowest BCUT2D eigenvalue weighted by Crippen LogP contribution is -2.03. The molecule has 0 saturated heterocycles. The van der Waals surface area contributed by atoms with Gasteiger partial charge in [-0.3, -0.25) is 4.98 Å². The van der Waals surface area contributed by atoms with Gasteiger partial charge in [0.1, 0.15) is 11.9 Å². The summed E-state index contributed by atoms with van der Waals surface area (Å²) in [6.07, 6.45) is 0.800. The normalized spacial score (nSPS) is 12.5. The number of rotatable bonds is 2. The number of aliphatic hydroxyl groups excluding tert-OH is 1. The number of nitrogens with zero attached hydrogens (tertiary/aromatic N) is 1. The van der Waals surface area contributed by atoms with Gasteiger partial charge in [-0.15, -0.1) is 0 Å². The van der Waals surface area contributed by atoms with Crippen molar-refractivity contribution < 1.29 is 9.50 Å². The standard InChI is InChI=1S/C14H14FNO/c1-9-3-6-13(16-8-9)14(17)11-5-4-10(2)12(15)7-11/h3-8,14,17H,1-2H3. The van der Waals surface area contributed by atoms with E-state index in [1.807, 2.05) is 13.0 Å². The third-order valence-corrected chi connectivity index (χ3v) is 2.73. The molecular formula is C14H14FNO. The zero-order valence-electron chi connectivity index (χ0n) is 9.81. The van der Waals surface area contributed by atoms with Crippen LogP contribution in [0.1, 0.15) is 28.5 Å². The number of hydrogen-bond donors (Lipinski definition) is 1. The van der Waals surface area contributed by atoms with Gasteiger partial charge in [-0.1, -0.05) is 18.2 Å². The molecular weight excluding hydrogens is 217 g/mol. The number of aromatic nitrogens is 1. The van der Waals surface area contributed by atoms with E-state index in [0.29, 0.717) is 16.8 Å². The Labute approximate surface area is 99.8 Å². The molecule has 0 spiro atoms. The van der Waals surface area contributed by atoms with Gasteiger partial charge in [-0.05, 0) is 42.7 Å². The molecule has 0 bridgehead atoms. The van der Waals surface area contributed by atoms with Crippen molar-refractivity contribution in [1.82, 2.24) is 4.98 Å². The monoisotopic (exact) mass is 231 g/mol. The van der Waals surface area contributed by atoms with E-state index in [1.54, 1.807) is 31.3 Å². The molecule has 88 valence electrons. The summed E-state index contributed by atoms with van der Waals surface area (Å²) in [4.78, 5) is 4.13. The Kier molecular flexibility index (Phi) is 3.20. The van der Waals surface area contributed by atoms with E-state index in [-0.39, 0.29) is 5.82 Å². The van der Waals surface area contributed by atoms with Crippen molar-refractivity contribution in [1.29, 1.82) is 0 Å². The highest BCUT2D eigenvalue weighted by atomic mass is 19.1. The molecule has 0 fully saturated rings. The number of hydrogen-bond acceptors (Lipinski definition) is 2. The number of halogens is 1. The lowest BCUT2D eigenvalue weighted by atomic mass is 10.0. The third-order valence-electron chi connectivity index (χ3n) is 2.73. The number of aryl methyl sites for hydroxylation is 2. The molecule has 1 aromatic heterocycles. The molecule has 17 heavy (non-hydrogen) atoms. The van der Waals surface area contributed by atoms with Gasteiger partial charge in [0, 0.05) is 6.20 Å². The summed E-state index contributed by atoms with van der Waals surface area (Å²) in [5.74, 6) is -0.311. The number of benzene rings is 1. The second-order valence-corrected chi connectivity index (χ2v) is 4.17. The first-order valence-electron chi connectivity index (χ1n) is 5.44. The zero-order chi connectivity index (χ0) is 12.4. The van der Waals surface area contributed by atoms with Gasteiger partial charge in [-0.25, -0.2) is 4.39 Å². The maximum atomic E-state index is 13.4. The Morgan fingerprint density at radius 1 is 1.18 bits per heavy atom. The van der Waals surface area contributed by atoms with Crippen molar-refractivity contribution in [3.8, 4) is 0 Å². The molecule has 3 heteroatoms. The molecule has 0 radical (unpaired) electrons. The van der Waals surface area contributed by atoms with Crippen LogP contribution < -0.4 is 0 Å². The first-order valence-corrected chi connectivity index (χ1v) is 5.44. The topological polar surface area (TPSA) is 33.1 Å². The summed E-state index contributed by atoms with van der Waals surface area (Å²) in [5, 5.41) is 10.1. The van der Waals surface area contributed by atoms with Crippen molar-refractivity contribution >= 4 is 0 Å². The Morgan fingerprint density at radius 2 is 1.94 bits per heavy atom. The highest BCUT2D eigenvalue weighted by Crippen LogP contribution is 2.22. The summed E-state index contributed by atoms with van der Waals surface area (Å²) in [7, 11) is 0. The highest BCUT2D eigenvalue weighted by Gasteiger charge is 2.12. The lowest BCUT2D eigenvalue weighted by Gasteiger charge is -2.11. The summed E-state index contributed by atoms with van der Waals surface area (Å²) in [6, 6.07) is 8.34. The van der Waals surface area contributed by atoms with Crippen molar-refractivity contribution in [2.45, 2.75) is 20.0 Å². The quantitative estimate of drug-likeness (QED) is 0.862. The molecule has 1 unspecified atom stereocenters. The Bertz CT molecular complexity index is 522. The van der Waals surface area contributed by atoms with Crippen LogP contribution in [0.2, 0.25) is 0 Å². The minimum Gasteiger partial charge on any atom is -0.382 e. The SMILES string of the molecule is Cc1ccc(C(O)c2ccc(C)c(F)c2)nc1. The van der Waals surface area contributed by atoms with Crippen molar-refractivity contribution in [3.63, 3.8) is 0 Å². The summed E-state index contributed by atoms with van der Waals surface area (Å²) in [5.41, 5.74) is 2.64. The van der Waals surface area contributed by atoms with E-state index in [4.69, 9.17) is 0 Å². The van der Waals surface area contributed by atoms with E-state index in [9.17, 15) is 9.50 Å². The Balaban J connectivity index is 2.33. The fourth-order valence-electron chi connectivity index (χ4n) is 1.59. The van der Waals surface area contributed by atoms with Gasteiger partial charge >= 0.3 is 0 Å². The molecule has 1 N–H and O–H groups in total. The predicted octanol–water partition coefficient (Wildman–Crippen LogP) is 2.92. The minimum atomic E-state index is -0.884. The second-order valence-electron chi connectivity index (χ2n) is 4.17. The maximum absolute atomic E-state index is 13.4. The van der Waals surface area contributed by atoms with Crippen molar-refractivity contribution in [2.24, 2.45) is 0 Å². The fraction of sp³-hybridized carbons (Fsp3) is 0.214. The highest BCUT2D eigenvalue weighted by molar-refractivity contribution is 5.30. The summed E-state index contributed by atoms with van der Waals surface area (Å²) < 4.78 is 13.4. The van der Waals surface area contributed by atoms with Gasteiger partial charge in [-0.2, -0.15) is 0 Å². The van der Waals surface area contributed by atoms with Crippen LogP contribution in [0.4, 0.5) is 4.39 Å². The van der Waals surface area contributed by atoms with Gasteiger partial charge in [0.05, 0.1) is 5.69 Å². The molecule has 0 aliphatic rings. The summed E-state index contributed by atoms with van der Waals surface area (Å²) >= 11 is 0. The molecule has 0 aliphatic carbocycles. The van der Waals surface area contributed by atoms with Gasteiger partial charge in [0.25, 0.3) is 0 Å². The minimum absolute atomic E-state index is 0.311. The molecule has 2 nitrogen and oxygen atoms in total. The van der Waals surface area contributed by atoms with Crippen LogP contribution >= 0.6 is 0 Å². The largest absolute Gasteiger partial charge is 0.382 e. The van der Waals surface area contributed by atoms with Gasteiger partial charge < -0.3 is 5.11 Å². The van der Waals surface area contributed by atoms with Crippen molar-refractivity contribution in [3.05, 3.63) is 64.7 Å². The van der Waals surface area contributed by atoms with Crippen LogP contribution in [0.5, 0.6) is 0 Å². The first-order chi connectivity index (χ1) is 8.08. The average molecular weight is 231 g/mol. The van der Waals surface area contributed by atoms with E-state index >= 15 is 0 Å². The lowest BCUT2D eigenvalue weighted by molar-refractivity contribution is 0.215. The van der Waals surface area contributed by atoms with Crippen LogP contribution in [0.3, 0.4) is 0 Å². The molecule has 1 aromatic carbocycles. The van der Waals surface area contributed by atoms with E-state index < -0.39 is 6.10 Å². The number of aliphatic hydroxyl groups is 1. The van der Waals surface area contributed by atoms with E-state index in [1.165, 1.54) is 6.07 Å². The number of pyridine rings is 1. The van der Waals surface area contributed by atoms with Gasteiger partial charge in [0.2, 0.25) is 0 Å². The maximum Gasteiger partial charge on any atom is 0.126 e. The predicted molar refractivity (Wildman–Crippen MR) is 64.2 cm³/mol. The molecule has 0 saturated carbocycles. The zero-order valence-corrected chi connectivity index (χ0v) is 9.81. The molecule has 0 amide bonds. The molecule has 1 atom stereocenters. The smallest absolute Gasteiger partial charge is 0.126 e. The molecule has 0 aliphatic heterocycles. The first kappa shape index (κ1) is 11.7. The Morgan fingerprint density at radius 3 is 2.53 bits per heavy atom. The van der Waals surface area contributed by atoms with Crippen LogP contribution in [0.25, 0.3) is 0 Å². The van der Waals surface area contributed by atoms with Crippen LogP contribution in [-0.4, -0.2) is 10.1 Å². The molecule has 2 aromatic rings. The second kappa shape index (κ2) is 4.63. The van der Waals surface area contributed by atoms with Crippen molar-refractivity contribution in [2.75, 3.05) is 0 Å². The Hall–Kier alpha value is -1.74. The van der Waals surface area contributed by atoms with Crippen LogP contribution in [0.15, 0.2) is 36.5 Å². The average Bonchev–Trinajstić information content (AvgIpc) is 2.33. The van der Waals surface area contributed by atoms with E-state index in [2.05, 4.69) is 4.98 Å². The summed E-state index contributed by atoms with van der Waals surface area (Å²) in [6.45, 7) is 3.62. The third kappa shape index (κ3) is 2.50.